The van der Waals surface area contributed by atoms with Crippen LogP contribution in [-0.4, -0.2) is 23.4 Å². The molecule has 0 aromatic rings. The minimum atomic E-state index is 0.977. The normalized spacial score (nSPS) is 17.4. The monoisotopic (exact) mass is 128 g/mol. The zero-order valence-electron chi connectivity index (χ0n) is 4.74. The molecule has 0 saturated heterocycles. The number of aliphatic imine (C=N–C) groups is 1. The van der Waals surface area contributed by atoms with E-state index in [2.05, 4.69) is 9.30 Å². The first-order chi connectivity index (χ1) is 3.93. The van der Waals surface area contributed by atoms with E-state index in [9.17, 15) is 0 Å². The van der Waals surface area contributed by atoms with E-state index >= 15 is 0 Å². The van der Waals surface area contributed by atoms with Crippen LogP contribution in [0.25, 0.3) is 0 Å². The fraction of sp³-hybridized carbons (Fsp3) is 0.400. The van der Waals surface area contributed by atoms with Gasteiger partial charge in [0, 0.05) is 12.5 Å². The third-order valence-corrected chi connectivity index (χ3v) is 1.62. The Morgan fingerprint density at radius 2 is 2.62 bits per heavy atom. The lowest BCUT2D eigenvalue weighted by Crippen LogP contribution is -2.14. The van der Waals surface area contributed by atoms with Crippen LogP contribution >= 0.6 is 11.9 Å². The van der Waals surface area contributed by atoms with Crippen LogP contribution in [0.15, 0.2) is 17.3 Å². The number of rotatable bonds is 1. The Bertz CT molecular complexity index is 120. The van der Waals surface area contributed by atoms with Gasteiger partial charge < -0.3 is 4.31 Å². The summed E-state index contributed by atoms with van der Waals surface area (Å²) in [6.07, 6.45) is 7.69. The molecule has 1 heterocycles. The highest BCUT2D eigenvalue weighted by Gasteiger charge is 1.94. The highest BCUT2D eigenvalue weighted by molar-refractivity contribution is 7.96. The maximum atomic E-state index is 3.93. The second kappa shape index (κ2) is 2.77. The van der Waals surface area contributed by atoms with Gasteiger partial charge >= 0.3 is 0 Å². The second-order valence-corrected chi connectivity index (χ2v) is 2.27. The first kappa shape index (κ1) is 5.69. The first-order valence-electron chi connectivity index (χ1n) is 2.42. The van der Waals surface area contributed by atoms with Gasteiger partial charge in [0.1, 0.15) is 6.34 Å². The van der Waals surface area contributed by atoms with E-state index in [1.807, 2.05) is 24.9 Å². The number of hydrogen-bond donors (Lipinski definition) is 0. The van der Waals surface area contributed by atoms with Crippen LogP contribution in [0.5, 0.6) is 0 Å². The maximum absolute atomic E-state index is 3.93. The molecule has 0 spiro atoms. The molecule has 0 bridgehead atoms. The first-order valence-corrected chi connectivity index (χ1v) is 3.60. The lowest BCUT2D eigenvalue weighted by molar-refractivity contribution is 0.771. The Kier molecular flexibility index (Phi) is 1.97. The molecule has 0 fully saturated rings. The molecule has 0 N–H and O–H groups in total. The average molecular weight is 128 g/mol. The maximum Gasteiger partial charge on any atom is 0.101 e. The average Bonchev–Trinajstić information content (AvgIpc) is 1.90. The quantitative estimate of drug-likeness (QED) is 0.492. The highest BCUT2D eigenvalue weighted by atomic mass is 32.2. The van der Waals surface area contributed by atoms with Gasteiger partial charge in [-0.2, -0.15) is 0 Å². The summed E-state index contributed by atoms with van der Waals surface area (Å²) in [5, 5.41) is 0. The molecule has 0 saturated carbocycles. The van der Waals surface area contributed by atoms with E-state index in [0.29, 0.717) is 0 Å². The van der Waals surface area contributed by atoms with Crippen molar-refractivity contribution in [2.24, 2.45) is 4.99 Å². The molecule has 0 aromatic heterocycles. The summed E-state index contributed by atoms with van der Waals surface area (Å²) in [5.74, 6) is 0. The van der Waals surface area contributed by atoms with Crippen molar-refractivity contribution in [3.8, 4) is 0 Å². The molecule has 44 valence electrons. The third-order valence-electron chi connectivity index (χ3n) is 0.907. The molecule has 0 unspecified atom stereocenters. The predicted octanol–water partition coefficient (Wildman–Crippen LogP) is 1.12. The van der Waals surface area contributed by atoms with Crippen LogP contribution in [0.3, 0.4) is 0 Å². The van der Waals surface area contributed by atoms with Gasteiger partial charge in [-0.05, 0) is 6.08 Å². The van der Waals surface area contributed by atoms with E-state index in [0.717, 1.165) is 6.54 Å². The standard InChI is InChI=1S/C5H8N2S/c1-8-7-4-2-3-6-5-7/h2-3,5H,4H2,1H3. The minimum Gasteiger partial charge on any atom is -0.303 e. The Labute approximate surface area is 53.4 Å². The van der Waals surface area contributed by atoms with Crippen LogP contribution in [0, 0.1) is 0 Å². The van der Waals surface area contributed by atoms with Crippen LogP contribution < -0.4 is 0 Å². The summed E-state index contributed by atoms with van der Waals surface area (Å²) in [6, 6.07) is 0. The van der Waals surface area contributed by atoms with Gasteiger partial charge in [-0.1, -0.05) is 11.9 Å². The van der Waals surface area contributed by atoms with Gasteiger partial charge in [0.25, 0.3) is 0 Å². The summed E-state index contributed by atoms with van der Waals surface area (Å²) in [4.78, 5) is 3.93. The molecule has 2 nitrogen and oxygen atoms in total. The van der Waals surface area contributed by atoms with Gasteiger partial charge in [-0.25, -0.2) is 4.99 Å². The number of hydrogen-bond acceptors (Lipinski definition) is 3. The third kappa shape index (κ3) is 1.26. The van der Waals surface area contributed by atoms with Crippen LogP contribution in [0.2, 0.25) is 0 Å². The second-order valence-electron chi connectivity index (χ2n) is 1.43. The van der Waals surface area contributed by atoms with Crippen molar-refractivity contribution in [2.75, 3.05) is 12.8 Å². The number of nitrogens with zero attached hydrogens (tertiary/aromatic N) is 2. The van der Waals surface area contributed by atoms with Crippen molar-refractivity contribution in [1.82, 2.24) is 4.31 Å². The molecule has 0 atom stereocenters. The molecule has 1 aliphatic rings. The summed E-state index contributed by atoms with van der Waals surface area (Å²) >= 11 is 1.68. The Hall–Kier alpha value is -0.440. The van der Waals surface area contributed by atoms with Crippen LogP contribution in [-0.2, 0) is 0 Å². The molecular weight excluding hydrogens is 120 g/mol. The van der Waals surface area contributed by atoms with Crippen molar-refractivity contribution in [1.29, 1.82) is 0 Å². The van der Waals surface area contributed by atoms with Gasteiger partial charge in [-0.15, -0.1) is 0 Å². The molecule has 0 radical (unpaired) electrons. The summed E-state index contributed by atoms with van der Waals surface area (Å²) in [6.45, 7) is 0.977. The Morgan fingerprint density at radius 3 is 3.00 bits per heavy atom. The van der Waals surface area contributed by atoms with Gasteiger partial charge in [0.05, 0.1) is 6.54 Å². The molecule has 0 aromatic carbocycles. The predicted molar refractivity (Wildman–Crippen MR) is 37.9 cm³/mol. The topological polar surface area (TPSA) is 15.6 Å². The van der Waals surface area contributed by atoms with Crippen molar-refractivity contribution in [3.05, 3.63) is 12.3 Å². The van der Waals surface area contributed by atoms with E-state index in [-0.39, 0.29) is 0 Å². The van der Waals surface area contributed by atoms with Crippen molar-refractivity contribution in [2.45, 2.75) is 0 Å². The van der Waals surface area contributed by atoms with E-state index < -0.39 is 0 Å². The fourth-order valence-corrected chi connectivity index (χ4v) is 0.877. The summed E-state index contributed by atoms with van der Waals surface area (Å²) in [7, 11) is 0. The van der Waals surface area contributed by atoms with E-state index in [1.165, 1.54) is 0 Å². The van der Waals surface area contributed by atoms with Gasteiger partial charge in [-0.3, -0.25) is 0 Å². The Morgan fingerprint density at radius 1 is 1.75 bits per heavy atom. The molecular formula is C5H8N2S. The zero-order chi connectivity index (χ0) is 5.82. The van der Waals surface area contributed by atoms with Crippen molar-refractivity contribution < 1.29 is 0 Å². The van der Waals surface area contributed by atoms with Crippen molar-refractivity contribution in [3.63, 3.8) is 0 Å². The molecule has 3 heteroatoms. The fourth-order valence-electron chi connectivity index (χ4n) is 0.494. The Balaban J connectivity index is 2.40. The molecule has 0 aliphatic carbocycles. The lowest BCUT2D eigenvalue weighted by atomic mass is 10.6. The lowest BCUT2D eigenvalue weighted by Gasteiger charge is -2.13. The SMILES string of the molecule is CSN1C=NC=CC1. The summed E-state index contributed by atoms with van der Waals surface area (Å²) in [5.41, 5.74) is 0. The highest BCUT2D eigenvalue weighted by Crippen LogP contribution is 2.03. The molecule has 1 aliphatic heterocycles. The van der Waals surface area contributed by atoms with Gasteiger partial charge in [0.2, 0.25) is 0 Å². The molecule has 1 rings (SSSR count). The van der Waals surface area contributed by atoms with E-state index in [1.54, 1.807) is 11.9 Å². The van der Waals surface area contributed by atoms with Crippen LogP contribution in [0.1, 0.15) is 0 Å². The van der Waals surface area contributed by atoms with Gasteiger partial charge in [0.15, 0.2) is 0 Å². The van der Waals surface area contributed by atoms with Crippen LogP contribution in [0.4, 0.5) is 0 Å². The largest absolute Gasteiger partial charge is 0.303 e. The molecule has 8 heavy (non-hydrogen) atoms. The molecule has 0 amide bonds. The zero-order valence-corrected chi connectivity index (χ0v) is 5.56. The smallest absolute Gasteiger partial charge is 0.101 e. The van der Waals surface area contributed by atoms with E-state index in [4.69, 9.17) is 0 Å². The summed E-state index contributed by atoms with van der Waals surface area (Å²) < 4.78 is 2.06. The minimum absolute atomic E-state index is 0.977. The van der Waals surface area contributed by atoms with Crippen molar-refractivity contribution >= 4 is 18.3 Å².